The Labute approximate surface area is 178 Å². The second kappa shape index (κ2) is 7.29. The maximum absolute atomic E-state index is 13.2. The second-order valence-electron chi connectivity index (χ2n) is 6.89. The number of Topliss-reactive ketones (excluding diaryl/α,β-unsaturated/α-hetero) is 1. The number of fused-ring (bicyclic) bond motifs is 2. The molecule has 0 fully saturated rings. The predicted octanol–water partition coefficient (Wildman–Crippen LogP) is 4.66. The highest BCUT2D eigenvalue weighted by atomic mass is 32.1. The summed E-state index contributed by atoms with van der Waals surface area (Å²) in [5.74, 6) is -0.191. The van der Waals surface area contributed by atoms with Crippen molar-refractivity contribution in [1.29, 1.82) is 0 Å². The van der Waals surface area contributed by atoms with Crippen LogP contribution < -0.4 is 5.56 Å². The molecule has 0 aliphatic heterocycles. The molecule has 0 saturated carbocycles. The average molecular weight is 431 g/mol. The van der Waals surface area contributed by atoms with Crippen LogP contribution in [-0.4, -0.2) is 20.3 Å². The summed E-state index contributed by atoms with van der Waals surface area (Å²) >= 11 is 1.27. The number of aromatic nitrogens is 2. The van der Waals surface area contributed by atoms with E-state index in [2.05, 4.69) is 4.98 Å². The molecular weight excluding hydrogens is 418 g/mol. The summed E-state index contributed by atoms with van der Waals surface area (Å²) in [5, 5.41) is 14.0. The zero-order valence-corrected chi connectivity index (χ0v) is 16.7. The molecule has 0 aliphatic carbocycles. The molecule has 3 aromatic heterocycles. The SMILES string of the molecule is O=C(Cn1cnc2scc(-c3cccc([N+](=O)[O-])c3)c2c1=O)c1cc2ccccc2o1. The van der Waals surface area contributed by atoms with Crippen molar-refractivity contribution in [1.82, 2.24) is 9.55 Å². The van der Waals surface area contributed by atoms with Crippen LogP contribution in [0, 0.1) is 10.1 Å². The van der Waals surface area contributed by atoms with Crippen LogP contribution in [0.2, 0.25) is 0 Å². The Morgan fingerprint density at radius 3 is 2.81 bits per heavy atom. The summed E-state index contributed by atoms with van der Waals surface area (Å²) in [7, 11) is 0. The Bertz CT molecular complexity index is 1510. The van der Waals surface area contributed by atoms with E-state index in [4.69, 9.17) is 4.42 Å². The molecule has 2 aromatic carbocycles. The van der Waals surface area contributed by atoms with Gasteiger partial charge in [-0.1, -0.05) is 30.3 Å². The lowest BCUT2D eigenvalue weighted by Gasteiger charge is -2.05. The van der Waals surface area contributed by atoms with E-state index in [1.165, 1.54) is 34.4 Å². The van der Waals surface area contributed by atoms with Crippen molar-refractivity contribution in [2.45, 2.75) is 6.54 Å². The summed E-state index contributed by atoms with van der Waals surface area (Å²) in [5.41, 5.74) is 1.23. The van der Waals surface area contributed by atoms with Gasteiger partial charge in [0.15, 0.2) is 5.76 Å². The number of carbonyl (C=O) groups is 1. The van der Waals surface area contributed by atoms with Crippen molar-refractivity contribution in [3.8, 4) is 11.1 Å². The number of thiophene rings is 1. The van der Waals surface area contributed by atoms with E-state index >= 15 is 0 Å². The van der Waals surface area contributed by atoms with E-state index < -0.39 is 10.5 Å². The Kier molecular flexibility index (Phi) is 4.45. The molecule has 0 amide bonds. The normalized spacial score (nSPS) is 11.2. The molecule has 5 aromatic rings. The maximum Gasteiger partial charge on any atom is 0.270 e. The second-order valence-corrected chi connectivity index (χ2v) is 7.74. The fourth-order valence-corrected chi connectivity index (χ4v) is 4.34. The molecule has 9 heteroatoms. The number of furan rings is 1. The molecule has 0 unspecified atom stereocenters. The fourth-order valence-electron chi connectivity index (χ4n) is 3.43. The van der Waals surface area contributed by atoms with Gasteiger partial charge in [0.25, 0.3) is 11.2 Å². The minimum Gasteiger partial charge on any atom is -0.453 e. The van der Waals surface area contributed by atoms with Gasteiger partial charge in [0.05, 0.1) is 23.2 Å². The van der Waals surface area contributed by atoms with Crippen LogP contribution in [0.15, 0.2) is 75.5 Å². The zero-order chi connectivity index (χ0) is 21.5. The minimum atomic E-state index is -0.486. The number of benzene rings is 2. The number of hydrogen-bond acceptors (Lipinski definition) is 7. The molecule has 152 valence electrons. The standard InChI is InChI=1S/C22H13N3O5S/c26-17(19-9-14-4-1-2-7-18(14)30-19)10-24-12-23-21-20(22(24)27)16(11-31-21)13-5-3-6-15(8-13)25(28)29/h1-9,11-12H,10H2. The first-order valence-electron chi connectivity index (χ1n) is 9.24. The summed E-state index contributed by atoms with van der Waals surface area (Å²) in [6.45, 7) is -0.230. The number of nitrogens with zero attached hydrogens (tertiary/aromatic N) is 3. The van der Waals surface area contributed by atoms with Crippen LogP contribution >= 0.6 is 11.3 Å². The molecular formula is C22H13N3O5S. The molecule has 5 rings (SSSR count). The highest BCUT2D eigenvalue weighted by molar-refractivity contribution is 7.17. The average Bonchev–Trinajstić information content (AvgIpc) is 3.40. The highest BCUT2D eigenvalue weighted by Crippen LogP contribution is 2.32. The van der Waals surface area contributed by atoms with Crippen molar-refractivity contribution in [3.63, 3.8) is 0 Å². The van der Waals surface area contributed by atoms with Gasteiger partial charge in [-0.3, -0.25) is 24.3 Å². The highest BCUT2D eigenvalue weighted by Gasteiger charge is 2.18. The summed E-state index contributed by atoms with van der Waals surface area (Å²) in [6.07, 6.45) is 1.33. The van der Waals surface area contributed by atoms with E-state index in [9.17, 15) is 19.7 Å². The fraction of sp³-hybridized carbons (Fsp3) is 0.0455. The zero-order valence-electron chi connectivity index (χ0n) is 15.8. The van der Waals surface area contributed by atoms with Crippen molar-refractivity contribution < 1.29 is 14.1 Å². The van der Waals surface area contributed by atoms with Crippen LogP contribution in [0.5, 0.6) is 0 Å². The van der Waals surface area contributed by atoms with Gasteiger partial charge >= 0.3 is 0 Å². The van der Waals surface area contributed by atoms with Crippen LogP contribution in [0.1, 0.15) is 10.6 Å². The molecule has 8 nitrogen and oxygen atoms in total. The number of hydrogen-bond donors (Lipinski definition) is 0. The van der Waals surface area contributed by atoms with Gasteiger partial charge in [-0.05, 0) is 17.7 Å². The third-order valence-electron chi connectivity index (χ3n) is 4.94. The third-order valence-corrected chi connectivity index (χ3v) is 5.83. The van der Waals surface area contributed by atoms with Crippen molar-refractivity contribution in [2.75, 3.05) is 0 Å². The Morgan fingerprint density at radius 1 is 1.16 bits per heavy atom. The molecule has 0 radical (unpaired) electrons. The van der Waals surface area contributed by atoms with Gasteiger partial charge in [0.1, 0.15) is 10.4 Å². The molecule has 3 heterocycles. The van der Waals surface area contributed by atoms with E-state index in [1.807, 2.05) is 18.2 Å². The predicted molar refractivity (Wildman–Crippen MR) is 117 cm³/mol. The first-order chi connectivity index (χ1) is 15.0. The molecule has 0 bridgehead atoms. The molecule has 0 aliphatic rings. The molecule has 31 heavy (non-hydrogen) atoms. The Hall–Kier alpha value is -4.11. The monoisotopic (exact) mass is 431 g/mol. The van der Waals surface area contributed by atoms with Gasteiger partial charge in [-0.15, -0.1) is 11.3 Å². The topological polar surface area (TPSA) is 108 Å². The van der Waals surface area contributed by atoms with Crippen LogP contribution in [0.4, 0.5) is 5.69 Å². The number of nitro benzene ring substituents is 1. The quantitative estimate of drug-likeness (QED) is 0.227. The third kappa shape index (κ3) is 3.30. The van der Waals surface area contributed by atoms with Gasteiger partial charge in [0.2, 0.25) is 5.78 Å². The molecule has 0 N–H and O–H groups in total. The number of carbonyl (C=O) groups excluding carboxylic acids is 1. The first kappa shape index (κ1) is 18.9. The lowest BCUT2D eigenvalue weighted by Crippen LogP contribution is -2.24. The number of non-ortho nitro benzene ring substituents is 1. The van der Waals surface area contributed by atoms with Gasteiger partial charge < -0.3 is 4.42 Å². The lowest BCUT2D eigenvalue weighted by atomic mass is 10.1. The lowest BCUT2D eigenvalue weighted by molar-refractivity contribution is -0.384. The summed E-state index contributed by atoms with van der Waals surface area (Å²) in [6, 6.07) is 15.0. The molecule has 0 saturated heterocycles. The summed E-state index contributed by atoms with van der Waals surface area (Å²) < 4.78 is 6.82. The maximum atomic E-state index is 13.2. The summed E-state index contributed by atoms with van der Waals surface area (Å²) in [4.78, 5) is 41.3. The van der Waals surface area contributed by atoms with Gasteiger partial charge in [-0.2, -0.15) is 0 Å². The van der Waals surface area contributed by atoms with Crippen LogP contribution in [0.3, 0.4) is 0 Å². The Morgan fingerprint density at radius 2 is 2.00 bits per heavy atom. The first-order valence-corrected chi connectivity index (χ1v) is 10.1. The van der Waals surface area contributed by atoms with Crippen LogP contribution in [-0.2, 0) is 6.54 Å². The number of ketones is 1. The molecule has 0 spiro atoms. The largest absolute Gasteiger partial charge is 0.453 e. The van der Waals surface area contributed by atoms with E-state index in [0.717, 1.165) is 5.39 Å². The van der Waals surface area contributed by atoms with Gasteiger partial charge in [0, 0.05) is 28.5 Å². The van der Waals surface area contributed by atoms with Crippen molar-refractivity contribution >= 4 is 44.0 Å². The van der Waals surface area contributed by atoms with Gasteiger partial charge in [-0.25, -0.2) is 4.98 Å². The smallest absolute Gasteiger partial charge is 0.270 e. The minimum absolute atomic E-state index is 0.0684. The molecule has 0 atom stereocenters. The number of nitro groups is 1. The van der Waals surface area contributed by atoms with Crippen LogP contribution in [0.25, 0.3) is 32.3 Å². The Balaban J connectivity index is 1.55. The van der Waals surface area contributed by atoms with E-state index in [-0.39, 0.29) is 23.8 Å². The van der Waals surface area contributed by atoms with Crippen molar-refractivity contribution in [3.05, 3.63) is 92.5 Å². The van der Waals surface area contributed by atoms with E-state index in [1.54, 1.807) is 29.6 Å². The number of rotatable bonds is 5. The van der Waals surface area contributed by atoms with E-state index in [0.29, 0.717) is 26.9 Å². The van der Waals surface area contributed by atoms with Crippen molar-refractivity contribution in [2.24, 2.45) is 0 Å². The number of para-hydroxylation sites is 1.